The van der Waals surface area contributed by atoms with Crippen molar-refractivity contribution < 1.29 is 19.1 Å². The molecular weight excluding hydrogens is 332 g/mol. The molecule has 4 fully saturated rings. The fourth-order valence-electron chi connectivity index (χ4n) is 5.46. The summed E-state index contributed by atoms with van der Waals surface area (Å²) in [7, 11) is 0. The molecule has 2 amide bonds. The average Bonchev–Trinajstić information content (AvgIpc) is 2.59. The highest BCUT2D eigenvalue weighted by atomic mass is 16.5. The summed E-state index contributed by atoms with van der Waals surface area (Å²) in [6, 6.07) is 6.27. The number of hydrogen-bond acceptors (Lipinski definition) is 4. The summed E-state index contributed by atoms with van der Waals surface area (Å²) in [5.74, 6) is 1.36. The van der Waals surface area contributed by atoms with Gasteiger partial charge in [0.05, 0.1) is 5.92 Å². The van der Waals surface area contributed by atoms with E-state index in [2.05, 4.69) is 5.32 Å². The van der Waals surface area contributed by atoms with E-state index in [9.17, 15) is 14.4 Å². The van der Waals surface area contributed by atoms with Crippen LogP contribution in [0.1, 0.15) is 42.5 Å². The molecule has 4 bridgehead atoms. The van der Waals surface area contributed by atoms with Gasteiger partial charge in [-0.05, 0) is 80.0 Å². The summed E-state index contributed by atoms with van der Waals surface area (Å²) in [4.78, 5) is 35.6. The number of carbonyl (C=O) groups is 3. The Kier molecular flexibility index (Phi) is 4.42. The van der Waals surface area contributed by atoms with Gasteiger partial charge in [0, 0.05) is 11.3 Å². The Balaban J connectivity index is 1.29. The van der Waals surface area contributed by atoms with Crippen LogP contribution in [-0.4, -0.2) is 24.4 Å². The molecule has 4 saturated carbocycles. The van der Waals surface area contributed by atoms with Crippen molar-refractivity contribution in [3.8, 4) is 0 Å². The van der Waals surface area contributed by atoms with E-state index in [1.54, 1.807) is 24.3 Å². The first kappa shape index (κ1) is 17.1. The fraction of sp³-hybridized carbons (Fsp3) is 0.550. The Bertz CT molecular complexity index is 700. The third-order valence-electron chi connectivity index (χ3n) is 6.30. The van der Waals surface area contributed by atoms with Crippen molar-refractivity contribution in [1.82, 2.24) is 0 Å². The summed E-state index contributed by atoms with van der Waals surface area (Å²) in [5, 5.41) is 2.66. The molecule has 0 unspecified atom stereocenters. The summed E-state index contributed by atoms with van der Waals surface area (Å²) >= 11 is 0. The molecule has 4 aliphatic carbocycles. The van der Waals surface area contributed by atoms with Crippen LogP contribution >= 0.6 is 0 Å². The largest absolute Gasteiger partial charge is 0.455 e. The number of benzene rings is 1. The number of amides is 2. The number of carbonyl (C=O) groups excluding carboxylic acids is 3. The molecule has 4 aliphatic rings. The van der Waals surface area contributed by atoms with Crippen LogP contribution in [0.25, 0.3) is 0 Å². The zero-order chi connectivity index (χ0) is 18.3. The molecule has 0 saturated heterocycles. The number of hydrogen-bond donors (Lipinski definition) is 2. The summed E-state index contributed by atoms with van der Waals surface area (Å²) in [5.41, 5.74) is 6.09. The van der Waals surface area contributed by atoms with Crippen molar-refractivity contribution in [1.29, 1.82) is 0 Å². The lowest BCUT2D eigenvalue weighted by molar-refractivity contribution is -0.164. The van der Waals surface area contributed by atoms with Crippen molar-refractivity contribution >= 4 is 23.5 Å². The molecule has 1 aromatic carbocycles. The van der Waals surface area contributed by atoms with Crippen LogP contribution in [0.5, 0.6) is 0 Å². The van der Waals surface area contributed by atoms with E-state index in [0.29, 0.717) is 23.1 Å². The van der Waals surface area contributed by atoms with Gasteiger partial charge in [-0.1, -0.05) is 0 Å². The van der Waals surface area contributed by atoms with Crippen LogP contribution < -0.4 is 11.1 Å². The molecule has 26 heavy (non-hydrogen) atoms. The number of nitrogens with two attached hydrogens (primary N) is 1. The zero-order valence-corrected chi connectivity index (χ0v) is 14.6. The van der Waals surface area contributed by atoms with Crippen LogP contribution in [0, 0.1) is 29.6 Å². The second-order valence-corrected chi connectivity index (χ2v) is 8.05. The first-order chi connectivity index (χ1) is 12.5. The number of anilines is 1. The maximum Gasteiger partial charge on any atom is 0.310 e. The maximum atomic E-state index is 12.6. The van der Waals surface area contributed by atoms with Crippen LogP contribution in [0.3, 0.4) is 0 Å². The van der Waals surface area contributed by atoms with Gasteiger partial charge in [-0.25, -0.2) is 0 Å². The lowest BCUT2D eigenvalue weighted by Gasteiger charge is -2.53. The lowest BCUT2D eigenvalue weighted by Crippen LogP contribution is -2.48. The first-order valence-electron chi connectivity index (χ1n) is 9.36. The lowest BCUT2D eigenvalue weighted by atomic mass is 9.52. The average molecular weight is 356 g/mol. The maximum absolute atomic E-state index is 12.6. The van der Waals surface area contributed by atoms with Gasteiger partial charge in [0.1, 0.15) is 0 Å². The number of primary amides is 1. The van der Waals surface area contributed by atoms with Gasteiger partial charge >= 0.3 is 5.97 Å². The number of rotatable bonds is 5. The quantitative estimate of drug-likeness (QED) is 0.791. The van der Waals surface area contributed by atoms with E-state index < -0.39 is 5.91 Å². The van der Waals surface area contributed by atoms with E-state index in [4.69, 9.17) is 10.5 Å². The molecule has 5 rings (SSSR count). The monoisotopic (exact) mass is 356 g/mol. The van der Waals surface area contributed by atoms with Crippen molar-refractivity contribution in [2.24, 2.45) is 35.3 Å². The predicted molar refractivity (Wildman–Crippen MR) is 95.1 cm³/mol. The van der Waals surface area contributed by atoms with Crippen molar-refractivity contribution in [2.45, 2.75) is 32.1 Å². The first-order valence-corrected chi connectivity index (χ1v) is 9.36. The Morgan fingerprint density at radius 3 is 2.08 bits per heavy atom. The molecular formula is C20H24N2O4. The van der Waals surface area contributed by atoms with E-state index in [1.165, 1.54) is 6.42 Å². The van der Waals surface area contributed by atoms with Gasteiger partial charge in [0.2, 0.25) is 5.91 Å². The molecule has 6 heteroatoms. The third-order valence-corrected chi connectivity index (χ3v) is 6.30. The Hall–Kier alpha value is -2.37. The highest BCUT2D eigenvalue weighted by Gasteiger charge is 2.51. The molecule has 3 N–H and O–H groups in total. The van der Waals surface area contributed by atoms with Crippen LogP contribution in [0.2, 0.25) is 0 Å². The van der Waals surface area contributed by atoms with Gasteiger partial charge in [0.15, 0.2) is 6.61 Å². The zero-order valence-electron chi connectivity index (χ0n) is 14.6. The molecule has 0 heterocycles. The SMILES string of the molecule is NC(=O)c1ccc(NC(=O)COC(=O)C2C3CC4CC(C3)CC2C4)cc1. The Morgan fingerprint density at radius 2 is 1.54 bits per heavy atom. The molecule has 0 aromatic heterocycles. The Labute approximate surface area is 152 Å². The van der Waals surface area contributed by atoms with Gasteiger partial charge in [0.25, 0.3) is 5.91 Å². The number of ether oxygens (including phenoxy) is 1. The predicted octanol–water partition coefficient (Wildman–Crippen LogP) is 2.34. The number of nitrogens with one attached hydrogen (secondary N) is 1. The van der Waals surface area contributed by atoms with E-state index in [1.807, 2.05) is 0 Å². The molecule has 0 spiro atoms. The van der Waals surface area contributed by atoms with Crippen molar-refractivity contribution in [3.63, 3.8) is 0 Å². The van der Waals surface area contributed by atoms with Gasteiger partial charge in [-0.2, -0.15) is 0 Å². The van der Waals surface area contributed by atoms with E-state index in [0.717, 1.165) is 37.5 Å². The summed E-state index contributed by atoms with van der Waals surface area (Å²) in [6.45, 7) is -0.279. The molecule has 138 valence electrons. The minimum absolute atomic E-state index is 0.0227. The second-order valence-electron chi connectivity index (χ2n) is 8.05. The molecule has 0 atom stereocenters. The Morgan fingerprint density at radius 1 is 0.962 bits per heavy atom. The standard InChI is InChI=1S/C20H24N2O4/c21-19(24)13-1-3-16(4-2-13)22-17(23)10-26-20(25)18-14-6-11-5-12(8-14)9-15(18)7-11/h1-4,11-12,14-15,18H,5-10H2,(H2,21,24)(H,22,23). The smallest absolute Gasteiger partial charge is 0.310 e. The summed E-state index contributed by atoms with van der Waals surface area (Å²) in [6.07, 6.45) is 5.92. The van der Waals surface area contributed by atoms with Crippen molar-refractivity contribution in [2.75, 3.05) is 11.9 Å². The highest BCUT2D eigenvalue weighted by Crippen LogP contribution is 2.56. The van der Waals surface area contributed by atoms with E-state index in [-0.39, 0.29) is 24.4 Å². The third kappa shape index (κ3) is 3.32. The van der Waals surface area contributed by atoms with E-state index >= 15 is 0 Å². The van der Waals surface area contributed by atoms with Crippen LogP contribution in [0.4, 0.5) is 5.69 Å². The van der Waals surface area contributed by atoms with Crippen LogP contribution in [0.15, 0.2) is 24.3 Å². The molecule has 6 nitrogen and oxygen atoms in total. The molecule has 0 radical (unpaired) electrons. The topological polar surface area (TPSA) is 98.5 Å². The minimum Gasteiger partial charge on any atom is -0.455 e. The normalized spacial score (nSPS) is 31.5. The molecule has 0 aliphatic heterocycles. The summed E-state index contributed by atoms with van der Waals surface area (Å²) < 4.78 is 5.34. The highest BCUT2D eigenvalue weighted by molar-refractivity contribution is 5.95. The second kappa shape index (κ2) is 6.74. The van der Waals surface area contributed by atoms with Gasteiger partial charge in [-0.3, -0.25) is 14.4 Å². The molecule has 1 aromatic rings. The fourth-order valence-corrected chi connectivity index (χ4v) is 5.46. The van der Waals surface area contributed by atoms with Crippen LogP contribution in [-0.2, 0) is 14.3 Å². The van der Waals surface area contributed by atoms with Crippen molar-refractivity contribution in [3.05, 3.63) is 29.8 Å². The van der Waals surface area contributed by atoms with Gasteiger partial charge < -0.3 is 15.8 Å². The van der Waals surface area contributed by atoms with Gasteiger partial charge in [-0.15, -0.1) is 0 Å². The minimum atomic E-state index is -0.521. The number of esters is 1.